The molecule has 2 saturated carbocycles. The first kappa shape index (κ1) is 31.4. The van der Waals surface area contributed by atoms with Gasteiger partial charge in [-0.25, -0.2) is 16.8 Å². The summed E-state index contributed by atoms with van der Waals surface area (Å²) in [6.45, 7) is 5.98. The van der Waals surface area contributed by atoms with Crippen molar-refractivity contribution in [1.82, 2.24) is 0 Å². The summed E-state index contributed by atoms with van der Waals surface area (Å²) in [5.74, 6) is -2.26. The second-order valence-electron chi connectivity index (χ2n) is 12.9. The highest BCUT2D eigenvalue weighted by Crippen LogP contribution is 2.54. The molecule has 234 valence electrons. The Morgan fingerprint density at radius 1 is 0.600 bits per heavy atom. The predicted molar refractivity (Wildman–Crippen MR) is 178 cm³/mol. The van der Waals surface area contributed by atoms with Crippen molar-refractivity contribution in [2.45, 2.75) is 78.6 Å². The molecule has 45 heavy (non-hydrogen) atoms. The fourth-order valence-corrected chi connectivity index (χ4v) is 12.0. The zero-order valence-electron chi connectivity index (χ0n) is 26.0. The van der Waals surface area contributed by atoms with Crippen molar-refractivity contribution < 1.29 is 21.6 Å². The molecule has 2 unspecified atom stereocenters. The van der Waals surface area contributed by atoms with Crippen LogP contribution in [0.1, 0.15) is 65.8 Å². The standard InChI is InChI=1S/C38H40O5S2/c1-4-27-14-18-29(19-15-27)33-23-36(39)34-24-37(44(40,41)30-8-6-5-7-9-30)32(28-16-10-25(2)11-17-28)22-35(34)38(33)45(42,43)31-20-12-26(3)13-21-31/h5-21,32-35,37-38H,4,22-24H2,1-3H3/t32-,33-,34+,35-,37?,38?/m0/s1. The van der Waals surface area contributed by atoms with Crippen LogP contribution in [0, 0.1) is 25.7 Å². The van der Waals surface area contributed by atoms with E-state index >= 15 is 0 Å². The summed E-state index contributed by atoms with van der Waals surface area (Å²) in [5, 5.41) is -1.72. The molecule has 0 radical (unpaired) electrons. The molecule has 0 spiro atoms. The molecule has 0 aliphatic heterocycles. The van der Waals surface area contributed by atoms with Crippen LogP contribution >= 0.6 is 0 Å². The van der Waals surface area contributed by atoms with E-state index in [9.17, 15) is 21.6 Å². The van der Waals surface area contributed by atoms with E-state index in [-0.39, 0.29) is 34.8 Å². The molecule has 0 bridgehead atoms. The minimum absolute atomic E-state index is 0.0458. The van der Waals surface area contributed by atoms with Gasteiger partial charge in [0.05, 0.1) is 20.3 Å². The molecule has 6 atom stereocenters. The molecule has 2 aliphatic rings. The summed E-state index contributed by atoms with van der Waals surface area (Å²) in [5.41, 5.74) is 4.85. The Hall–Kier alpha value is -3.55. The van der Waals surface area contributed by atoms with Crippen LogP contribution < -0.4 is 0 Å². The highest BCUT2D eigenvalue weighted by molar-refractivity contribution is 7.92. The molecule has 2 fully saturated rings. The van der Waals surface area contributed by atoms with Crippen molar-refractivity contribution in [3.05, 3.63) is 131 Å². The fraction of sp³-hybridized carbons (Fsp3) is 0.342. The number of hydrogen-bond donors (Lipinski definition) is 0. The first-order chi connectivity index (χ1) is 21.5. The van der Waals surface area contributed by atoms with Gasteiger partial charge < -0.3 is 0 Å². The van der Waals surface area contributed by atoms with Crippen LogP contribution in [0.25, 0.3) is 0 Å². The largest absolute Gasteiger partial charge is 0.299 e. The van der Waals surface area contributed by atoms with Gasteiger partial charge in [-0.2, -0.15) is 0 Å². The average Bonchev–Trinajstić information content (AvgIpc) is 3.05. The molecule has 0 aromatic heterocycles. The summed E-state index contributed by atoms with van der Waals surface area (Å²) >= 11 is 0. The lowest BCUT2D eigenvalue weighted by molar-refractivity contribution is -0.128. The van der Waals surface area contributed by atoms with E-state index in [1.165, 1.54) is 0 Å². The molecular weight excluding hydrogens is 601 g/mol. The molecule has 0 N–H and O–H groups in total. The van der Waals surface area contributed by atoms with E-state index in [0.29, 0.717) is 0 Å². The Balaban J connectivity index is 1.50. The number of benzene rings is 4. The summed E-state index contributed by atoms with van der Waals surface area (Å²) in [7, 11) is -7.73. The van der Waals surface area contributed by atoms with Crippen molar-refractivity contribution in [3.63, 3.8) is 0 Å². The molecule has 0 saturated heterocycles. The van der Waals surface area contributed by atoms with E-state index in [1.807, 2.05) is 74.5 Å². The van der Waals surface area contributed by atoms with Gasteiger partial charge in [-0.05, 0) is 80.0 Å². The van der Waals surface area contributed by atoms with Crippen LogP contribution in [-0.4, -0.2) is 33.1 Å². The van der Waals surface area contributed by atoms with Gasteiger partial charge in [0.2, 0.25) is 0 Å². The molecule has 2 aliphatic carbocycles. The van der Waals surface area contributed by atoms with Crippen molar-refractivity contribution in [2.75, 3.05) is 0 Å². The Kier molecular flexibility index (Phi) is 8.61. The second kappa shape index (κ2) is 12.3. The average molecular weight is 641 g/mol. The molecule has 4 aromatic rings. The van der Waals surface area contributed by atoms with Gasteiger partial charge in [-0.15, -0.1) is 0 Å². The first-order valence-corrected chi connectivity index (χ1v) is 18.9. The normalized spacial score (nSPS) is 25.4. The van der Waals surface area contributed by atoms with E-state index in [0.717, 1.165) is 34.2 Å². The minimum Gasteiger partial charge on any atom is -0.299 e. The molecule has 0 heterocycles. The third-order valence-corrected chi connectivity index (χ3v) is 14.7. The lowest BCUT2D eigenvalue weighted by atomic mass is 9.61. The number of ketones is 1. The summed E-state index contributed by atoms with van der Waals surface area (Å²) in [6, 6.07) is 31.2. The summed E-state index contributed by atoms with van der Waals surface area (Å²) < 4.78 is 58.0. The van der Waals surface area contributed by atoms with Crippen molar-refractivity contribution in [2.24, 2.45) is 11.8 Å². The van der Waals surface area contributed by atoms with E-state index < -0.39 is 53.8 Å². The van der Waals surface area contributed by atoms with Gasteiger partial charge in [0.15, 0.2) is 19.7 Å². The Morgan fingerprint density at radius 2 is 1.13 bits per heavy atom. The molecular formula is C38H40O5S2. The zero-order chi connectivity index (χ0) is 31.9. The zero-order valence-corrected chi connectivity index (χ0v) is 27.6. The van der Waals surface area contributed by atoms with E-state index in [2.05, 4.69) is 6.92 Å². The number of hydrogen-bond acceptors (Lipinski definition) is 5. The maximum absolute atomic E-state index is 14.7. The van der Waals surface area contributed by atoms with Gasteiger partial charge in [0.25, 0.3) is 0 Å². The van der Waals surface area contributed by atoms with Crippen molar-refractivity contribution >= 4 is 25.5 Å². The minimum atomic E-state index is -3.90. The Labute approximate surface area is 267 Å². The third-order valence-electron chi connectivity index (χ3n) is 10.1. The molecule has 0 amide bonds. The molecule has 7 heteroatoms. The highest BCUT2D eigenvalue weighted by Gasteiger charge is 2.56. The topological polar surface area (TPSA) is 85.3 Å². The van der Waals surface area contributed by atoms with Gasteiger partial charge >= 0.3 is 0 Å². The van der Waals surface area contributed by atoms with Crippen LogP contribution in [0.5, 0.6) is 0 Å². The number of rotatable bonds is 7. The summed E-state index contributed by atoms with van der Waals surface area (Å²) in [6.07, 6.45) is 1.31. The van der Waals surface area contributed by atoms with Crippen molar-refractivity contribution in [3.8, 4) is 0 Å². The first-order valence-electron chi connectivity index (χ1n) is 15.8. The van der Waals surface area contributed by atoms with Crippen LogP contribution in [-0.2, 0) is 30.9 Å². The molecule has 5 nitrogen and oxygen atoms in total. The highest BCUT2D eigenvalue weighted by atomic mass is 32.2. The van der Waals surface area contributed by atoms with Gasteiger partial charge in [-0.1, -0.05) is 96.9 Å². The number of fused-ring (bicyclic) bond motifs is 1. The van der Waals surface area contributed by atoms with E-state index in [1.54, 1.807) is 42.5 Å². The lowest BCUT2D eigenvalue weighted by Gasteiger charge is -2.48. The van der Waals surface area contributed by atoms with Gasteiger partial charge in [0, 0.05) is 24.2 Å². The third kappa shape index (κ3) is 5.93. The maximum atomic E-state index is 14.7. The number of Topliss-reactive ketones (excluding diaryl/α,β-unsaturated/α-hetero) is 1. The Morgan fingerprint density at radius 3 is 1.73 bits per heavy atom. The maximum Gasteiger partial charge on any atom is 0.182 e. The Bertz CT molecular complexity index is 1880. The number of carbonyl (C=O) groups is 1. The number of sulfone groups is 2. The van der Waals surface area contributed by atoms with Crippen LogP contribution in [0.15, 0.2) is 113 Å². The smallest absolute Gasteiger partial charge is 0.182 e. The monoisotopic (exact) mass is 640 g/mol. The van der Waals surface area contributed by atoms with Crippen LogP contribution in [0.2, 0.25) is 0 Å². The van der Waals surface area contributed by atoms with Crippen molar-refractivity contribution in [1.29, 1.82) is 0 Å². The van der Waals surface area contributed by atoms with Crippen LogP contribution in [0.4, 0.5) is 0 Å². The van der Waals surface area contributed by atoms with Crippen LogP contribution in [0.3, 0.4) is 0 Å². The van der Waals surface area contributed by atoms with E-state index in [4.69, 9.17) is 0 Å². The van der Waals surface area contributed by atoms with Gasteiger partial charge in [-0.3, -0.25) is 4.79 Å². The second-order valence-corrected chi connectivity index (χ2v) is 17.1. The predicted octanol–water partition coefficient (Wildman–Crippen LogP) is 7.42. The molecule has 4 aromatic carbocycles. The quantitative estimate of drug-likeness (QED) is 0.210. The number of aryl methyl sites for hydroxylation is 3. The summed E-state index contributed by atoms with van der Waals surface area (Å²) in [4.78, 5) is 14.6. The molecule has 6 rings (SSSR count). The SMILES string of the molecule is CCc1ccc([C@@H]2CC(=O)[C@@H]3CC(S(=O)(=O)c4ccccc4)[C@H](c4ccc(C)cc4)C[C@@H]3C2S(=O)(=O)c2ccc(C)cc2)cc1. The number of carbonyl (C=O) groups excluding carboxylic acids is 1. The van der Waals surface area contributed by atoms with Gasteiger partial charge in [0.1, 0.15) is 5.78 Å². The lowest BCUT2D eigenvalue weighted by Crippen LogP contribution is -2.53. The fourth-order valence-electron chi connectivity index (χ4n) is 7.65.